The van der Waals surface area contributed by atoms with Crippen LogP contribution in [0.5, 0.6) is 0 Å². The Balaban J connectivity index is 5.28. The van der Waals surface area contributed by atoms with Crippen LogP contribution in [0.25, 0.3) is 0 Å². The number of nitrogens with two attached hydrogens (primary N) is 1. The minimum absolute atomic E-state index is 0.0435. The largest absolute Gasteiger partial charge is 0.480 e. The number of aliphatic hydroxyl groups is 2. The summed E-state index contributed by atoms with van der Waals surface area (Å²) in [5.74, 6) is -3.04. The van der Waals surface area contributed by atoms with Crippen LogP contribution in [0.15, 0.2) is 0 Å². The lowest BCUT2D eigenvalue weighted by Gasteiger charge is -2.27. The van der Waals surface area contributed by atoms with Crippen LogP contribution in [0.4, 0.5) is 0 Å². The number of nitrogens with one attached hydrogen (secondary N) is 3. The van der Waals surface area contributed by atoms with Gasteiger partial charge in [-0.1, -0.05) is 13.8 Å². The van der Waals surface area contributed by atoms with Gasteiger partial charge in [0.25, 0.3) is 0 Å². The molecule has 0 aliphatic carbocycles. The SMILES string of the molecule is CSCCC(N)C(=O)NC(C(=O)NC(CC(C)C)C(=O)NC(CO)C(=O)O)C(C)O. The second-order valence-corrected chi connectivity index (χ2v) is 8.37. The number of amides is 3. The lowest BCUT2D eigenvalue weighted by Crippen LogP contribution is -2.60. The number of carbonyl (C=O) groups excluding carboxylic acids is 3. The van der Waals surface area contributed by atoms with Crippen molar-refractivity contribution in [3.8, 4) is 0 Å². The monoisotopic (exact) mass is 450 g/mol. The summed E-state index contributed by atoms with van der Waals surface area (Å²) in [5.41, 5.74) is 5.78. The highest BCUT2D eigenvalue weighted by molar-refractivity contribution is 7.98. The molecular weight excluding hydrogens is 416 g/mol. The highest BCUT2D eigenvalue weighted by Crippen LogP contribution is 2.07. The number of carbonyl (C=O) groups is 4. The van der Waals surface area contributed by atoms with Crippen LogP contribution in [0.1, 0.15) is 33.6 Å². The minimum atomic E-state index is -1.52. The van der Waals surface area contributed by atoms with E-state index in [0.717, 1.165) is 0 Å². The summed E-state index contributed by atoms with van der Waals surface area (Å²) in [6.07, 6.45) is 1.15. The number of carboxylic acid groups (broad SMARTS) is 1. The maximum absolute atomic E-state index is 12.7. The van der Waals surface area contributed by atoms with Crippen LogP contribution in [0, 0.1) is 5.92 Å². The molecule has 0 saturated heterocycles. The van der Waals surface area contributed by atoms with Gasteiger partial charge < -0.3 is 37.0 Å². The first kappa shape index (κ1) is 28.1. The Morgan fingerprint density at radius 3 is 1.97 bits per heavy atom. The van der Waals surface area contributed by atoms with Crippen molar-refractivity contribution >= 4 is 35.5 Å². The van der Waals surface area contributed by atoms with Crippen LogP contribution < -0.4 is 21.7 Å². The minimum Gasteiger partial charge on any atom is -0.480 e. The number of thioether (sulfide) groups is 1. The fourth-order valence-electron chi connectivity index (χ4n) is 2.46. The summed E-state index contributed by atoms with van der Waals surface area (Å²) in [4.78, 5) is 48.4. The predicted octanol–water partition coefficient (Wildman–Crippen LogP) is -1.97. The molecule has 5 unspecified atom stereocenters. The molecule has 12 heteroatoms. The second kappa shape index (κ2) is 14.2. The molecule has 0 aromatic rings. The summed E-state index contributed by atoms with van der Waals surface area (Å²) >= 11 is 1.51. The van der Waals surface area contributed by atoms with E-state index < -0.39 is 60.6 Å². The van der Waals surface area contributed by atoms with E-state index >= 15 is 0 Å². The number of aliphatic hydroxyl groups excluding tert-OH is 2. The maximum atomic E-state index is 12.7. The average molecular weight is 451 g/mol. The Kier molecular flexibility index (Phi) is 13.3. The van der Waals surface area contributed by atoms with Gasteiger partial charge in [0.15, 0.2) is 0 Å². The summed E-state index contributed by atoms with van der Waals surface area (Å²) in [6.45, 7) is 4.09. The van der Waals surface area contributed by atoms with Gasteiger partial charge in [-0.15, -0.1) is 0 Å². The lowest BCUT2D eigenvalue weighted by atomic mass is 10.0. The standard InChI is InChI=1S/C18H34N4O7S/c1-9(2)7-12(16(26)21-13(8-23)18(28)29)20-17(27)14(10(3)24)22-15(25)11(19)5-6-30-4/h9-14,23-24H,5-8,19H2,1-4H3,(H,20,27)(H,21,26)(H,22,25)(H,28,29). The first-order valence-electron chi connectivity index (χ1n) is 9.61. The van der Waals surface area contributed by atoms with Crippen LogP contribution >= 0.6 is 11.8 Å². The molecule has 0 aliphatic heterocycles. The smallest absolute Gasteiger partial charge is 0.328 e. The van der Waals surface area contributed by atoms with Gasteiger partial charge in [-0.25, -0.2) is 4.79 Å². The molecule has 0 fully saturated rings. The van der Waals surface area contributed by atoms with Crippen LogP contribution in [0.2, 0.25) is 0 Å². The third kappa shape index (κ3) is 10.2. The molecule has 0 radical (unpaired) electrons. The zero-order valence-electron chi connectivity index (χ0n) is 17.8. The van der Waals surface area contributed by atoms with Crippen molar-refractivity contribution in [2.45, 2.75) is 63.9 Å². The van der Waals surface area contributed by atoms with E-state index in [1.54, 1.807) is 13.8 Å². The molecule has 5 atom stereocenters. The summed E-state index contributed by atoms with van der Waals surface area (Å²) in [7, 11) is 0. The molecule has 11 nitrogen and oxygen atoms in total. The predicted molar refractivity (Wildman–Crippen MR) is 113 cm³/mol. The van der Waals surface area contributed by atoms with E-state index in [9.17, 15) is 24.3 Å². The van der Waals surface area contributed by atoms with Crippen molar-refractivity contribution < 1.29 is 34.5 Å². The van der Waals surface area contributed by atoms with Crippen molar-refractivity contribution in [2.24, 2.45) is 11.7 Å². The van der Waals surface area contributed by atoms with Crippen molar-refractivity contribution in [3.63, 3.8) is 0 Å². The van der Waals surface area contributed by atoms with Crippen molar-refractivity contribution in [2.75, 3.05) is 18.6 Å². The van der Waals surface area contributed by atoms with Crippen molar-refractivity contribution in [1.29, 1.82) is 0 Å². The van der Waals surface area contributed by atoms with Gasteiger partial charge >= 0.3 is 5.97 Å². The topological polar surface area (TPSA) is 191 Å². The second-order valence-electron chi connectivity index (χ2n) is 7.39. The maximum Gasteiger partial charge on any atom is 0.328 e. The number of carboxylic acids is 1. The van der Waals surface area contributed by atoms with E-state index in [1.165, 1.54) is 18.7 Å². The van der Waals surface area contributed by atoms with Gasteiger partial charge in [-0.05, 0) is 37.7 Å². The van der Waals surface area contributed by atoms with Crippen LogP contribution in [-0.4, -0.2) is 87.9 Å². The zero-order valence-corrected chi connectivity index (χ0v) is 18.6. The van der Waals surface area contributed by atoms with Crippen LogP contribution in [-0.2, 0) is 19.2 Å². The lowest BCUT2D eigenvalue weighted by molar-refractivity contribution is -0.143. The average Bonchev–Trinajstić information content (AvgIpc) is 2.66. The summed E-state index contributed by atoms with van der Waals surface area (Å²) in [6, 6.07) is -4.87. The Labute approximate surface area is 180 Å². The number of hydrogen-bond acceptors (Lipinski definition) is 8. The third-order valence-electron chi connectivity index (χ3n) is 4.17. The Bertz CT molecular complexity index is 589. The number of rotatable bonds is 14. The van der Waals surface area contributed by atoms with Crippen LogP contribution in [0.3, 0.4) is 0 Å². The molecule has 0 aromatic carbocycles. The van der Waals surface area contributed by atoms with Gasteiger partial charge in [-0.2, -0.15) is 11.8 Å². The Hall–Kier alpha value is -1.89. The molecule has 174 valence electrons. The summed E-state index contributed by atoms with van der Waals surface area (Å²) in [5, 5.41) is 35.0. The Morgan fingerprint density at radius 1 is 0.967 bits per heavy atom. The highest BCUT2D eigenvalue weighted by Gasteiger charge is 2.32. The molecule has 0 aliphatic rings. The fourth-order valence-corrected chi connectivity index (χ4v) is 2.95. The van der Waals surface area contributed by atoms with E-state index in [2.05, 4.69) is 16.0 Å². The van der Waals surface area contributed by atoms with E-state index in [-0.39, 0.29) is 12.3 Å². The van der Waals surface area contributed by atoms with Gasteiger partial charge in [0, 0.05) is 0 Å². The summed E-state index contributed by atoms with van der Waals surface area (Å²) < 4.78 is 0. The normalized spacial score (nSPS) is 16.1. The molecule has 0 bridgehead atoms. The van der Waals surface area contributed by atoms with E-state index in [1.807, 2.05) is 6.26 Å². The number of aliphatic carboxylic acids is 1. The zero-order chi connectivity index (χ0) is 23.4. The number of hydrogen-bond donors (Lipinski definition) is 7. The third-order valence-corrected chi connectivity index (χ3v) is 4.81. The van der Waals surface area contributed by atoms with E-state index in [4.69, 9.17) is 15.9 Å². The molecule has 0 saturated carbocycles. The molecule has 0 rings (SSSR count). The molecule has 8 N–H and O–H groups in total. The van der Waals surface area contributed by atoms with Gasteiger partial charge in [0.2, 0.25) is 17.7 Å². The van der Waals surface area contributed by atoms with Crippen molar-refractivity contribution in [3.05, 3.63) is 0 Å². The molecule has 0 spiro atoms. The molecular formula is C18H34N4O7S. The highest BCUT2D eigenvalue weighted by atomic mass is 32.2. The Morgan fingerprint density at radius 2 is 1.53 bits per heavy atom. The van der Waals surface area contributed by atoms with Gasteiger partial charge in [-0.3, -0.25) is 14.4 Å². The molecule has 3 amide bonds. The molecule has 0 heterocycles. The molecule has 0 aromatic heterocycles. The van der Waals surface area contributed by atoms with E-state index in [0.29, 0.717) is 12.2 Å². The first-order chi connectivity index (χ1) is 13.9. The first-order valence-corrected chi connectivity index (χ1v) is 11.0. The van der Waals surface area contributed by atoms with Gasteiger partial charge in [0.1, 0.15) is 18.1 Å². The van der Waals surface area contributed by atoms with Crippen molar-refractivity contribution in [1.82, 2.24) is 16.0 Å². The molecule has 30 heavy (non-hydrogen) atoms. The quantitative estimate of drug-likeness (QED) is 0.157. The van der Waals surface area contributed by atoms with Gasteiger partial charge in [0.05, 0.1) is 18.8 Å². The fraction of sp³-hybridized carbons (Fsp3) is 0.778.